The van der Waals surface area contributed by atoms with Crippen LogP contribution in [0.25, 0.3) is 12.2 Å². The van der Waals surface area contributed by atoms with E-state index in [1.54, 1.807) is 12.1 Å². The molecule has 0 saturated carbocycles. The second-order valence-corrected chi connectivity index (χ2v) is 5.97. The predicted octanol–water partition coefficient (Wildman–Crippen LogP) is 4.92. The fourth-order valence-corrected chi connectivity index (χ4v) is 2.59. The molecule has 1 N–H and O–H groups in total. The van der Waals surface area contributed by atoms with Gasteiger partial charge in [0.05, 0.1) is 5.56 Å². The Morgan fingerprint density at radius 2 is 1.79 bits per heavy atom. The van der Waals surface area contributed by atoms with Crippen LogP contribution in [0.1, 0.15) is 21.5 Å². The SMILES string of the molecule is O=C(O)c1cccc(I)c1/C=C/c1ccc(Br)cc1. The number of hydrogen-bond donors (Lipinski definition) is 1. The summed E-state index contributed by atoms with van der Waals surface area (Å²) >= 11 is 5.53. The van der Waals surface area contributed by atoms with E-state index in [2.05, 4.69) is 38.5 Å². The van der Waals surface area contributed by atoms with Crippen LogP contribution in [0, 0.1) is 3.57 Å². The third kappa shape index (κ3) is 3.67. The van der Waals surface area contributed by atoms with E-state index in [0.29, 0.717) is 5.56 Å². The van der Waals surface area contributed by atoms with Gasteiger partial charge in [-0.15, -0.1) is 0 Å². The smallest absolute Gasteiger partial charge is 0.336 e. The minimum Gasteiger partial charge on any atom is -0.478 e. The third-order valence-corrected chi connectivity index (χ3v) is 4.07. The first-order valence-corrected chi connectivity index (χ1v) is 7.40. The summed E-state index contributed by atoms with van der Waals surface area (Å²) < 4.78 is 1.94. The highest BCUT2D eigenvalue weighted by molar-refractivity contribution is 14.1. The Labute approximate surface area is 133 Å². The number of halogens is 2. The summed E-state index contributed by atoms with van der Waals surface area (Å²) in [5.74, 6) is -0.908. The van der Waals surface area contributed by atoms with Crippen molar-refractivity contribution in [1.82, 2.24) is 0 Å². The Hall–Kier alpha value is -1.14. The molecule has 2 rings (SSSR count). The highest BCUT2D eigenvalue weighted by Gasteiger charge is 2.09. The molecule has 0 atom stereocenters. The van der Waals surface area contributed by atoms with Crippen LogP contribution in [-0.4, -0.2) is 11.1 Å². The number of aromatic carboxylic acids is 1. The summed E-state index contributed by atoms with van der Waals surface area (Å²) in [6.07, 6.45) is 3.75. The van der Waals surface area contributed by atoms with Gasteiger partial charge in [-0.1, -0.05) is 46.3 Å². The van der Waals surface area contributed by atoms with Gasteiger partial charge in [-0.25, -0.2) is 4.79 Å². The van der Waals surface area contributed by atoms with Crippen LogP contribution in [-0.2, 0) is 0 Å². The zero-order chi connectivity index (χ0) is 13.8. The molecule has 0 spiro atoms. The average Bonchev–Trinajstić information content (AvgIpc) is 2.39. The minimum absolute atomic E-state index is 0.320. The van der Waals surface area contributed by atoms with Gasteiger partial charge >= 0.3 is 5.97 Å². The van der Waals surface area contributed by atoms with E-state index < -0.39 is 5.97 Å². The number of carboxylic acid groups (broad SMARTS) is 1. The molecule has 0 saturated heterocycles. The van der Waals surface area contributed by atoms with Gasteiger partial charge in [0.15, 0.2) is 0 Å². The van der Waals surface area contributed by atoms with Crippen molar-refractivity contribution in [2.75, 3.05) is 0 Å². The van der Waals surface area contributed by atoms with Gasteiger partial charge in [0, 0.05) is 13.6 Å². The Bertz CT molecular complexity index is 633. The molecular formula is C15H10BrIO2. The molecule has 2 aromatic carbocycles. The second kappa shape index (κ2) is 6.34. The lowest BCUT2D eigenvalue weighted by Crippen LogP contribution is -2.00. The van der Waals surface area contributed by atoms with Crippen LogP contribution in [0.5, 0.6) is 0 Å². The molecule has 0 bridgehead atoms. The highest BCUT2D eigenvalue weighted by atomic mass is 127. The van der Waals surface area contributed by atoms with E-state index in [-0.39, 0.29) is 0 Å². The van der Waals surface area contributed by atoms with E-state index in [9.17, 15) is 9.90 Å². The molecule has 0 aromatic heterocycles. The lowest BCUT2D eigenvalue weighted by molar-refractivity contribution is 0.0696. The van der Waals surface area contributed by atoms with Crippen molar-refractivity contribution in [1.29, 1.82) is 0 Å². The number of benzene rings is 2. The van der Waals surface area contributed by atoms with E-state index in [1.807, 2.05) is 42.5 Å². The van der Waals surface area contributed by atoms with Gasteiger partial charge in [-0.2, -0.15) is 0 Å². The van der Waals surface area contributed by atoms with Crippen LogP contribution >= 0.6 is 38.5 Å². The molecule has 19 heavy (non-hydrogen) atoms. The Kier molecular flexibility index (Phi) is 4.76. The zero-order valence-corrected chi connectivity index (χ0v) is 13.6. The van der Waals surface area contributed by atoms with Crippen LogP contribution in [0.4, 0.5) is 0 Å². The van der Waals surface area contributed by atoms with Gasteiger partial charge < -0.3 is 5.11 Å². The van der Waals surface area contributed by atoms with Gasteiger partial charge in [0.25, 0.3) is 0 Å². The van der Waals surface area contributed by atoms with Crippen LogP contribution in [0.2, 0.25) is 0 Å². The second-order valence-electron chi connectivity index (χ2n) is 3.89. The molecule has 96 valence electrons. The van der Waals surface area contributed by atoms with Crippen LogP contribution in [0.3, 0.4) is 0 Å². The van der Waals surface area contributed by atoms with E-state index in [0.717, 1.165) is 19.2 Å². The first-order valence-electron chi connectivity index (χ1n) is 5.53. The molecule has 2 nitrogen and oxygen atoms in total. The summed E-state index contributed by atoms with van der Waals surface area (Å²) in [6.45, 7) is 0. The lowest BCUT2D eigenvalue weighted by Gasteiger charge is -2.03. The van der Waals surface area contributed by atoms with Crippen molar-refractivity contribution >= 4 is 56.6 Å². The van der Waals surface area contributed by atoms with Gasteiger partial charge in [-0.05, 0) is 52.4 Å². The summed E-state index contributed by atoms with van der Waals surface area (Å²) in [4.78, 5) is 11.2. The van der Waals surface area contributed by atoms with Gasteiger partial charge in [0.2, 0.25) is 0 Å². The number of rotatable bonds is 3. The van der Waals surface area contributed by atoms with Crippen molar-refractivity contribution in [3.05, 3.63) is 67.2 Å². The predicted molar refractivity (Wildman–Crippen MR) is 89.2 cm³/mol. The van der Waals surface area contributed by atoms with E-state index >= 15 is 0 Å². The summed E-state index contributed by atoms with van der Waals surface area (Å²) in [5.41, 5.74) is 2.08. The molecule has 4 heteroatoms. The van der Waals surface area contributed by atoms with E-state index in [4.69, 9.17) is 0 Å². The maximum atomic E-state index is 11.2. The number of hydrogen-bond acceptors (Lipinski definition) is 1. The summed E-state index contributed by atoms with van der Waals surface area (Å²) in [6, 6.07) is 13.1. The van der Waals surface area contributed by atoms with Gasteiger partial charge in [0.1, 0.15) is 0 Å². The largest absolute Gasteiger partial charge is 0.478 e. The van der Waals surface area contributed by atoms with Crippen LogP contribution in [0.15, 0.2) is 46.9 Å². The molecule has 0 aliphatic heterocycles. The molecule has 0 aliphatic carbocycles. The van der Waals surface area contributed by atoms with Crippen molar-refractivity contribution in [2.45, 2.75) is 0 Å². The molecule has 0 amide bonds. The highest BCUT2D eigenvalue weighted by Crippen LogP contribution is 2.20. The molecular weight excluding hydrogens is 419 g/mol. The fourth-order valence-electron chi connectivity index (χ4n) is 1.65. The molecule has 0 heterocycles. The Morgan fingerprint density at radius 1 is 1.11 bits per heavy atom. The average molecular weight is 429 g/mol. The van der Waals surface area contributed by atoms with Gasteiger partial charge in [-0.3, -0.25) is 0 Å². The van der Waals surface area contributed by atoms with Crippen molar-refractivity contribution in [3.8, 4) is 0 Å². The Morgan fingerprint density at radius 3 is 2.42 bits per heavy atom. The molecule has 0 aliphatic rings. The number of carboxylic acids is 1. The third-order valence-electron chi connectivity index (χ3n) is 2.60. The first-order chi connectivity index (χ1) is 9.08. The maximum absolute atomic E-state index is 11.2. The first kappa shape index (κ1) is 14.3. The standard InChI is InChI=1S/C15H10BrIO2/c16-11-7-4-10(5-8-11)6-9-12-13(15(18)19)2-1-3-14(12)17/h1-9H,(H,18,19)/b9-6+. The zero-order valence-electron chi connectivity index (χ0n) is 9.81. The summed E-state index contributed by atoms with van der Waals surface area (Å²) in [7, 11) is 0. The molecule has 0 radical (unpaired) electrons. The minimum atomic E-state index is -0.908. The molecule has 0 unspecified atom stereocenters. The van der Waals surface area contributed by atoms with E-state index in [1.165, 1.54) is 0 Å². The lowest BCUT2D eigenvalue weighted by atomic mass is 10.1. The van der Waals surface area contributed by atoms with Crippen molar-refractivity contribution in [2.24, 2.45) is 0 Å². The van der Waals surface area contributed by atoms with Crippen molar-refractivity contribution in [3.63, 3.8) is 0 Å². The quantitative estimate of drug-likeness (QED) is 0.556. The monoisotopic (exact) mass is 428 g/mol. The fraction of sp³-hybridized carbons (Fsp3) is 0. The molecule has 2 aromatic rings. The Balaban J connectivity index is 2.37. The maximum Gasteiger partial charge on any atom is 0.336 e. The number of carbonyl (C=O) groups is 1. The van der Waals surface area contributed by atoms with Crippen LogP contribution < -0.4 is 0 Å². The molecule has 0 fully saturated rings. The topological polar surface area (TPSA) is 37.3 Å². The van der Waals surface area contributed by atoms with Crippen molar-refractivity contribution < 1.29 is 9.90 Å². The summed E-state index contributed by atoms with van der Waals surface area (Å²) in [5, 5.41) is 9.18. The normalized spacial score (nSPS) is 10.8.